The van der Waals surface area contributed by atoms with Gasteiger partial charge in [0.1, 0.15) is 11.3 Å². The second kappa shape index (κ2) is 10.7. The van der Waals surface area contributed by atoms with Crippen LogP contribution in [-0.4, -0.2) is 20.1 Å². The van der Waals surface area contributed by atoms with Crippen molar-refractivity contribution in [3.63, 3.8) is 0 Å². The van der Waals surface area contributed by atoms with Crippen LogP contribution in [0.4, 0.5) is 0 Å². The highest BCUT2D eigenvalue weighted by atomic mass is 16.5. The first-order chi connectivity index (χ1) is 12.6. The molecule has 0 spiro atoms. The van der Waals surface area contributed by atoms with E-state index in [0.29, 0.717) is 22.5 Å². The molecule has 0 saturated heterocycles. The predicted octanol–water partition coefficient (Wildman–Crippen LogP) is 4.43. The molecule has 2 aromatic carbocycles. The lowest BCUT2D eigenvalue weighted by Gasteiger charge is -2.05. The molecule has 1 amide bonds. The standard InChI is InChI=1S/C10H8O2.C9H11NO2.C2H6.H2/c1-7-6-8-4-2-3-5-9(8)12-10(7)11;1-10-9(11)7-5-3-4-6-8(7)12-2;1-2;/h2-6H,1H3;3-6H,1-2H3,(H,10,11);1-2H3;1H. The normalized spacial score (nSPS) is 9.27. The Kier molecular flexibility index (Phi) is 8.64. The smallest absolute Gasteiger partial charge is 0.339 e. The van der Waals surface area contributed by atoms with E-state index in [2.05, 4.69) is 5.32 Å². The molecule has 0 fully saturated rings. The zero-order chi connectivity index (χ0) is 19.5. The molecule has 1 heterocycles. The van der Waals surface area contributed by atoms with Crippen LogP contribution in [0.2, 0.25) is 0 Å². The number of carbonyl (C=O) groups excluding carboxylic acids is 1. The minimum atomic E-state index is -0.256. The van der Waals surface area contributed by atoms with E-state index in [1.807, 2.05) is 44.2 Å². The highest BCUT2D eigenvalue weighted by Crippen LogP contribution is 2.16. The van der Waals surface area contributed by atoms with Crippen LogP contribution >= 0.6 is 0 Å². The molecule has 0 saturated carbocycles. The van der Waals surface area contributed by atoms with E-state index >= 15 is 0 Å². The lowest BCUT2D eigenvalue weighted by Crippen LogP contribution is -2.18. The first-order valence-electron chi connectivity index (χ1n) is 8.41. The number of ether oxygens (including phenoxy) is 1. The summed E-state index contributed by atoms with van der Waals surface area (Å²) in [4.78, 5) is 22.3. The molecule has 0 aliphatic heterocycles. The van der Waals surface area contributed by atoms with Crippen LogP contribution in [0.1, 0.15) is 31.2 Å². The van der Waals surface area contributed by atoms with Gasteiger partial charge in [0.25, 0.3) is 5.91 Å². The summed E-state index contributed by atoms with van der Waals surface area (Å²) < 4.78 is 10.0. The van der Waals surface area contributed by atoms with Gasteiger partial charge < -0.3 is 14.5 Å². The van der Waals surface area contributed by atoms with Gasteiger partial charge in [0, 0.05) is 19.4 Å². The molecule has 1 N–H and O–H groups in total. The summed E-state index contributed by atoms with van der Waals surface area (Å²) in [6.07, 6.45) is 0. The van der Waals surface area contributed by atoms with Gasteiger partial charge in [0.2, 0.25) is 0 Å². The molecule has 1 aromatic heterocycles. The Morgan fingerprint density at radius 3 is 2.35 bits per heavy atom. The number of methoxy groups -OCH3 is 1. The number of hydrogen-bond donors (Lipinski definition) is 1. The summed E-state index contributed by atoms with van der Waals surface area (Å²) >= 11 is 0. The largest absolute Gasteiger partial charge is 0.496 e. The number of rotatable bonds is 2. The van der Waals surface area contributed by atoms with Gasteiger partial charge in [-0.15, -0.1) is 0 Å². The first kappa shape index (κ1) is 21.0. The number of carbonyl (C=O) groups is 1. The van der Waals surface area contributed by atoms with Gasteiger partial charge in [-0.05, 0) is 31.2 Å². The van der Waals surface area contributed by atoms with Crippen LogP contribution in [0.5, 0.6) is 5.75 Å². The Hall–Kier alpha value is -3.08. The topological polar surface area (TPSA) is 68.5 Å². The lowest BCUT2D eigenvalue weighted by molar-refractivity contribution is 0.0960. The van der Waals surface area contributed by atoms with Crippen molar-refractivity contribution < 1.29 is 15.4 Å². The Morgan fingerprint density at radius 2 is 1.69 bits per heavy atom. The Labute approximate surface area is 155 Å². The average Bonchev–Trinajstić information content (AvgIpc) is 2.70. The SMILES string of the molecule is CC.CNC(=O)c1ccccc1OC.Cc1cc2ccccc2oc1=O.[HH]. The number of fused-ring (bicyclic) bond motifs is 1. The minimum absolute atomic E-state index is 0. The van der Waals surface area contributed by atoms with Crippen molar-refractivity contribution in [2.75, 3.05) is 14.2 Å². The highest BCUT2D eigenvalue weighted by molar-refractivity contribution is 5.96. The van der Waals surface area contributed by atoms with Crippen LogP contribution in [-0.2, 0) is 0 Å². The van der Waals surface area contributed by atoms with E-state index in [0.717, 1.165) is 5.39 Å². The monoisotopic (exact) mass is 357 g/mol. The van der Waals surface area contributed by atoms with Crippen LogP contribution in [0.3, 0.4) is 0 Å². The maximum atomic E-state index is 11.2. The van der Waals surface area contributed by atoms with E-state index in [9.17, 15) is 9.59 Å². The van der Waals surface area contributed by atoms with E-state index in [1.165, 1.54) is 0 Å². The van der Waals surface area contributed by atoms with Crippen molar-refractivity contribution in [3.05, 3.63) is 76.1 Å². The lowest BCUT2D eigenvalue weighted by atomic mass is 10.2. The predicted molar refractivity (Wildman–Crippen MR) is 107 cm³/mol. The van der Waals surface area contributed by atoms with Crippen LogP contribution in [0.15, 0.2) is 63.8 Å². The third-order valence-corrected chi connectivity index (χ3v) is 3.39. The fraction of sp³-hybridized carbons (Fsp3) is 0.238. The van der Waals surface area contributed by atoms with E-state index in [4.69, 9.17) is 9.15 Å². The average molecular weight is 357 g/mol. The molecular weight excluding hydrogens is 330 g/mol. The zero-order valence-electron chi connectivity index (χ0n) is 15.8. The number of nitrogens with one attached hydrogen (secondary N) is 1. The van der Waals surface area contributed by atoms with Gasteiger partial charge in [0.15, 0.2) is 0 Å². The van der Waals surface area contributed by atoms with Gasteiger partial charge in [-0.3, -0.25) is 4.79 Å². The summed E-state index contributed by atoms with van der Waals surface area (Å²) in [6, 6.07) is 16.4. The molecule has 0 aliphatic carbocycles. The Bertz CT molecular complexity index is 906. The molecule has 3 aromatic rings. The van der Waals surface area contributed by atoms with E-state index in [-0.39, 0.29) is 13.0 Å². The molecule has 26 heavy (non-hydrogen) atoms. The van der Waals surface area contributed by atoms with Gasteiger partial charge >= 0.3 is 5.63 Å². The number of benzene rings is 2. The third-order valence-electron chi connectivity index (χ3n) is 3.39. The first-order valence-corrected chi connectivity index (χ1v) is 8.41. The molecule has 0 radical (unpaired) electrons. The molecule has 0 bridgehead atoms. The van der Waals surface area contributed by atoms with Gasteiger partial charge in [-0.2, -0.15) is 0 Å². The summed E-state index contributed by atoms with van der Waals surface area (Å²) in [6.45, 7) is 5.75. The maximum Gasteiger partial charge on any atom is 0.339 e. The number of amides is 1. The van der Waals surface area contributed by atoms with Crippen molar-refractivity contribution in [2.45, 2.75) is 20.8 Å². The summed E-state index contributed by atoms with van der Waals surface area (Å²) in [5.41, 5.74) is 1.60. The molecule has 0 unspecified atom stereocenters. The minimum Gasteiger partial charge on any atom is -0.496 e. The summed E-state index contributed by atoms with van der Waals surface area (Å²) in [5, 5.41) is 3.50. The van der Waals surface area contributed by atoms with Crippen molar-refractivity contribution in [2.24, 2.45) is 0 Å². The van der Waals surface area contributed by atoms with Crippen molar-refractivity contribution in [1.82, 2.24) is 5.32 Å². The fourth-order valence-corrected chi connectivity index (χ4v) is 2.13. The number of para-hydroxylation sites is 2. The number of aryl methyl sites for hydroxylation is 1. The quantitative estimate of drug-likeness (QED) is 0.689. The van der Waals surface area contributed by atoms with Crippen molar-refractivity contribution >= 4 is 16.9 Å². The molecule has 0 aliphatic rings. The van der Waals surface area contributed by atoms with Crippen molar-refractivity contribution in [3.8, 4) is 5.75 Å². The summed E-state index contributed by atoms with van der Waals surface area (Å²) in [5.74, 6) is 0.462. The Morgan fingerprint density at radius 1 is 1.08 bits per heavy atom. The number of hydrogen-bond acceptors (Lipinski definition) is 4. The second-order valence-corrected chi connectivity index (χ2v) is 5.03. The Balaban J connectivity index is 0.000000444. The fourth-order valence-electron chi connectivity index (χ4n) is 2.13. The van der Waals surface area contributed by atoms with Crippen molar-refractivity contribution in [1.29, 1.82) is 0 Å². The molecular formula is C21H27NO4. The molecule has 5 nitrogen and oxygen atoms in total. The van der Waals surface area contributed by atoms with Gasteiger partial charge in [0.05, 0.1) is 12.7 Å². The summed E-state index contributed by atoms with van der Waals surface area (Å²) in [7, 11) is 3.14. The third kappa shape index (κ3) is 5.48. The molecule has 140 valence electrons. The molecule has 3 rings (SSSR count). The molecule has 0 atom stereocenters. The van der Waals surface area contributed by atoms with Crippen LogP contribution < -0.4 is 15.7 Å². The highest BCUT2D eigenvalue weighted by Gasteiger charge is 2.07. The molecule has 5 heteroatoms. The van der Waals surface area contributed by atoms with Crippen LogP contribution in [0, 0.1) is 6.92 Å². The van der Waals surface area contributed by atoms with E-state index in [1.54, 1.807) is 45.3 Å². The van der Waals surface area contributed by atoms with E-state index < -0.39 is 0 Å². The maximum absolute atomic E-state index is 11.2. The van der Waals surface area contributed by atoms with Crippen LogP contribution in [0.25, 0.3) is 11.0 Å². The zero-order valence-corrected chi connectivity index (χ0v) is 15.8. The second-order valence-electron chi connectivity index (χ2n) is 5.03. The van der Waals surface area contributed by atoms with Gasteiger partial charge in [-0.1, -0.05) is 44.2 Å². The van der Waals surface area contributed by atoms with Gasteiger partial charge in [-0.25, -0.2) is 4.79 Å².